The fourth-order valence-electron chi connectivity index (χ4n) is 2.10. The van der Waals surface area contributed by atoms with E-state index >= 15 is 0 Å². The number of pyridine rings is 1. The molecule has 0 fully saturated rings. The van der Waals surface area contributed by atoms with Gasteiger partial charge in [0.15, 0.2) is 0 Å². The number of hydrogen-bond donors (Lipinski definition) is 2. The van der Waals surface area contributed by atoms with E-state index in [9.17, 15) is 14.4 Å². The molecule has 0 saturated carbocycles. The highest BCUT2D eigenvalue weighted by Gasteiger charge is 2.14. The van der Waals surface area contributed by atoms with E-state index in [1.165, 1.54) is 10.6 Å². The van der Waals surface area contributed by atoms with Crippen LogP contribution in [0.2, 0.25) is 0 Å². The van der Waals surface area contributed by atoms with E-state index in [1.807, 2.05) is 13.8 Å². The molecule has 0 radical (unpaired) electrons. The van der Waals surface area contributed by atoms with Crippen LogP contribution in [0, 0.1) is 0 Å². The van der Waals surface area contributed by atoms with Crippen molar-refractivity contribution < 1.29 is 9.59 Å². The first-order valence-corrected chi connectivity index (χ1v) is 8.22. The second-order valence-electron chi connectivity index (χ2n) is 5.54. The number of anilines is 1. The maximum Gasteiger partial charge on any atom is 0.253 e. The van der Waals surface area contributed by atoms with Crippen LogP contribution >= 0.6 is 15.9 Å². The van der Waals surface area contributed by atoms with E-state index in [2.05, 4.69) is 26.6 Å². The van der Waals surface area contributed by atoms with Gasteiger partial charge in [0.1, 0.15) is 6.54 Å². The first-order valence-electron chi connectivity index (χ1n) is 7.42. The van der Waals surface area contributed by atoms with Crippen LogP contribution < -0.4 is 16.2 Å². The molecular formula is C17H18BrN3O3. The lowest BCUT2D eigenvalue weighted by molar-refractivity contribution is -0.116. The molecule has 0 bridgehead atoms. The van der Waals surface area contributed by atoms with E-state index in [1.54, 1.807) is 36.5 Å². The largest absolute Gasteiger partial charge is 0.350 e. The molecule has 2 N–H and O–H groups in total. The summed E-state index contributed by atoms with van der Waals surface area (Å²) < 4.78 is 1.99. The predicted octanol–water partition coefficient (Wildman–Crippen LogP) is 2.39. The minimum absolute atomic E-state index is 0.0125. The van der Waals surface area contributed by atoms with E-state index in [-0.39, 0.29) is 30.0 Å². The first kappa shape index (κ1) is 17.9. The number of para-hydroxylation sites is 1. The van der Waals surface area contributed by atoms with Crippen LogP contribution in [-0.2, 0) is 11.3 Å². The van der Waals surface area contributed by atoms with E-state index in [0.29, 0.717) is 15.7 Å². The quantitative estimate of drug-likeness (QED) is 0.820. The van der Waals surface area contributed by atoms with Crippen molar-refractivity contribution >= 4 is 33.4 Å². The topological polar surface area (TPSA) is 80.2 Å². The van der Waals surface area contributed by atoms with Crippen LogP contribution in [0.3, 0.4) is 0 Å². The number of hydrogen-bond acceptors (Lipinski definition) is 3. The Balaban J connectivity index is 2.16. The van der Waals surface area contributed by atoms with Crippen LogP contribution in [0.1, 0.15) is 24.2 Å². The van der Waals surface area contributed by atoms with E-state index in [0.717, 1.165) is 0 Å². The molecule has 0 atom stereocenters. The van der Waals surface area contributed by atoms with Crippen molar-refractivity contribution in [3.8, 4) is 0 Å². The van der Waals surface area contributed by atoms with Crippen LogP contribution in [0.25, 0.3) is 0 Å². The third-order valence-electron chi connectivity index (χ3n) is 3.13. The second kappa shape index (κ2) is 7.92. The highest BCUT2D eigenvalue weighted by molar-refractivity contribution is 9.10. The van der Waals surface area contributed by atoms with Gasteiger partial charge in [-0.2, -0.15) is 0 Å². The number of rotatable bonds is 5. The maximum atomic E-state index is 12.2. The van der Waals surface area contributed by atoms with Gasteiger partial charge in [-0.05, 0) is 48.0 Å². The summed E-state index contributed by atoms with van der Waals surface area (Å²) in [5, 5.41) is 5.47. The van der Waals surface area contributed by atoms with Gasteiger partial charge in [-0.15, -0.1) is 0 Å². The van der Waals surface area contributed by atoms with Crippen molar-refractivity contribution in [2.45, 2.75) is 26.4 Å². The molecular weight excluding hydrogens is 374 g/mol. The van der Waals surface area contributed by atoms with Gasteiger partial charge in [-0.25, -0.2) is 0 Å². The number of benzene rings is 1. The summed E-state index contributed by atoms with van der Waals surface area (Å²) in [6.45, 7) is 3.58. The molecule has 1 heterocycles. The Bertz CT molecular complexity index is 815. The molecule has 1 aromatic carbocycles. The van der Waals surface area contributed by atoms with Gasteiger partial charge >= 0.3 is 0 Å². The number of carbonyl (C=O) groups is 2. The number of aromatic nitrogens is 1. The summed E-state index contributed by atoms with van der Waals surface area (Å²) in [6.07, 6.45) is 1.54. The second-order valence-corrected chi connectivity index (χ2v) is 6.45. The molecule has 0 aliphatic carbocycles. The van der Waals surface area contributed by atoms with Crippen molar-refractivity contribution in [2.75, 3.05) is 5.32 Å². The molecule has 6 nitrogen and oxygen atoms in total. The van der Waals surface area contributed by atoms with Gasteiger partial charge in [-0.3, -0.25) is 14.4 Å². The van der Waals surface area contributed by atoms with Gasteiger partial charge in [-0.1, -0.05) is 12.1 Å². The SMILES string of the molecule is CC(C)NC(=O)c1ccccc1NC(=O)Cn1cc(Br)ccc1=O. The average molecular weight is 392 g/mol. The minimum atomic E-state index is -0.389. The standard InChI is InChI=1S/C17H18BrN3O3/c1-11(2)19-17(24)13-5-3-4-6-14(13)20-15(22)10-21-9-12(18)7-8-16(21)23/h3-9,11H,10H2,1-2H3,(H,19,24)(H,20,22). The Hall–Kier alpha value is -2.41. The lowest BCUT2D eigenvalue weighted by Crippen LogP contribution is -2.31. The van der Waals surface area contributed by atoms with Crippen LogP contribution in [-0.4, -0.2) is 22.4 Å². The third kappa shape index (κ3) is 4.79. The molecule has 0 unspecified atom stereocenters. The number of nitrogens with zero attached hydrogens (tertiary/aromatic N) is 1. The summed E-state index contributed by atoms with van der Waals surface area (Å²) in [4.78, 5) is 36.2. The third-order valence-corrected chi connectivity index (χ3v) is 3.60. The summed E-state index contributed by atoms with van der Waals surface area (Å²) in [5.41, 5.74) is 0.504. The number of carbonyl (C=O) groups excluding carboxylic acids is 2. The summed E-state index contributed by atoms with van der Waals surface area (Å²) in [7, 11) is 0. The summed E-state index contributed by atoms with van der Waals surface area (Å²) >= 11 is 3.26. The van der Waals surface area contributed by atoms with Gasteiger partial charge in [0, 0.05) is 22.8 Å². The smallest absolute Gasteiger partial charge is 0.253 e. The zero-order chi connectivity index (χ0) is 17.7. The fraction of sp³-hybridized carbons (Fsp3) is 0.235. The highest BCUT2D eigenvalue weighted by Crippen LogP contribution is 2.15. The molecule has 0 spiro atoms. The van der Waals surface area contributed by atoms with E-state index < -0.39 is 0 Å². The Morgan fingerprint density at radius 3 is 2.58 bits per heavy atom. The average Bonchev–Trinajstić information content (AvgIpc) is 2.50. The normalized spacial score (nSPS) is 10.5. The van der Waals surface area contributed by atoms with Crippen LogP contribution in [0.5, 0.6) is 0 Å². The van der Waals surface area contributed by atoms with Crippen molar-refractivity contribution in [3.63, 3.8) is 0 Å². The number of amides is 2. The lowest BCUT2D eigenvalue weighted by Gasteiger charge is -2.13. The van der Waals surface area contributed by atoms with Gasteiger partial charge in [0.25, 0.3) is 11.5 Å². The molecule has 7 heteroatoms. The summed E-state index contributed by atoms with van der Waals surface area (Å²) in [6, 6.07) is 9.72. The molecule has 2 rings (SSSR count). The minimum Gasteiger partial charge on any atom is -0.350 e. The van der Waals surface area contributed by atoms with E-state index in [4.69, 9.17) is 0 Å². The van der Waals surface area contributed by atoms with Crippen molar-refractivity contribution in [2.24, 2.45) is 0 Å². The predicted molar refractivity (Wildman–Crippen MR) is 96.1 cm³/mol. The highest BCUT2D eigenvalue weighted by atomic mass is 79.9. The molecule has 126 valence electrons. The van der Waals surface area contributed by atoms with Gasteiger partial charge < -0.3 is 15.2 Å². The molecule has 2 amide bonds. The lowest BCUT2D eigenvalue weighted by atomic mass is 10.1. The molecule has 0 aliphatic heterocycles. The van der Waals surface area contributed by atoms with Crippen molar-refractivity contribution in [3.05, 3.63) is 63.0 Å². The van der Waals surface area contributed by atoms with Crippen molar-refractivity contribution in [1.29, 1.82) is 0 Å². The Morgan fingerprint density at radius 1 is 1.17 bits per heavy atom. The zero-order valence-corrected chi connectivity index (χ0v) is 15.0. The van der Waals surface area contributed by atoms with Crippen LogP contribution in [0.15, 0.2) is 51.9 Å². The number of halogens is 1. The van der Waals surface area contributed by atoms with Crippen LogP contribution in [0.4, 0.5) is 5.69 Å². The molecule has 1 aromatic heterocycles. The van der Waals surface area contributed by atoms with Crippen molar-refractivity contribution in [1.82, 2.24) is 9.88 Å². The summed E-state index contributed by atoms with van der Waals surface area (Å²) in [5.74, 6) is -0.652. The Labute approximate surface area is 148 Å². The molecule has 2 aromatic rings. The first-order chi connectivity index (χ1) is 11.4. The van der Waals surface area contributed by atoms with Gasteiger partial charge in [0.2, 0.25) is 5.91 Å². The molecule has 0 saturated heterocycles. The fourth-order valence-corrected chi connectivity index (χ4v) is 2.48. The Kier molecular flexibility index (Phi) is 5.92. The molecule has 0 aliphatic rings. The monoisotopic (exact) mass is 391 g/mol. The maximum absolute atomic E-state index is 12.2. The van der Waals surface area contributed by atoms with Gasteiger partial charge in [0.05, 0.1) is 11.3 Å². The Morgan fingerprint density at radius 2 is 1.88 bits per heavy atom. The number of nitrogens with one attached hydrogen (secondary N) is 2. The zero-order valence-electron chi connectivity index (χ0n) is 13.4. The molecule has 24 heavy (non-hydrogen) atoms.